The monoisotopic (exact) mass is 986 g/mol. The van der Waals surface area contributed by atoms with Gasteiger partial charge in [-0.2, -0.15) is 0 Å². The lowest BCUT2D eigenvalue weighted by molar-refractivity contribution is 1.14. The molecule has 2 aliphatic rings. The van der Waals surface area contributed by atoms with E-state index in [-0.39, 0.29) is 0 Å². The maximum absolute atomic E-state index is 4.45. The Labute approximate surface area is 448 Å². The quantitative estimate of drug-likeness (QED) is 0.172. The summed E-state index contributed by atoms with van der Waals surface area (Å²) in [6.07, 6.45) is 7.56. The Morgan fingerprint density at radius 3 is 1.42 bits per heavy atom. The second-order valence-electron chi connectivity index (χ2n) is 21.3. The molecule has 0 unspecified atom stereocenters. The third kappa shape index (κ3) is 5.83. The van der Waals surface area contributed by atoms with Gasteiger partial charge < -0.3 is 9.13 Å². The lowest BCUT2D eigenvalue weighted by atomic mass is 9.93. The summed E-state index contributed by atoms with van der Waals surface area (Å²) in [6.45, 7) is 0. The van der Waals surface area contributed by atoms with E-state index in [0.717, 1.165) is 11.4 Å². The highest BCUT2D eigenvalue weighted by Crippen LogP contribution is 2.52. The molecule has 16 aromatic rings. The molecule has 0 bridgehead atoms. The Bertz CT molecular complexity index is 5310. The SMILES string of the molecule is c1cncc(-n2c3ccccc3c3cc(-c4ccc5cc6c(cc5c4)-c4ccc(-c5ccc7c8cc(-c9ccc%10cc%11c(cc%10c9)-c9cccc%10cccc-%11c9%10)ccc8n(-c8ccncc8)c7c5)c5cccc-6c45)ccc32)c1. The molecule has 18 rings (SSSR count). The molecule has 78 heavy (non-hydrogen) atoms. The average molecular weight is 987 g/mol. The number of hydrogen-bond donors (Lipinski definition) is 0. The molecule has 0 radical (unpaired) electrons. The van der Waals surface area contributed by atoms with Crippen molar-refractivity contribution in [1.82, 2.24) is 19.1 Å². The van der Waals surface area contributed by atoms with Gasteiger partial charge >= 0.3 is 0 Å². The third-order valence-electron chi connectivity index (χ3n) is 17.3. The summed E-state index contributed by atoms with van der Waals surface area (Å²) < 4.78 is 4.73. The van der Waals surface area contributed by atoms with Gasteiger partial charge in [0.25, 0.3) is 0 Å². The van der Waals surface area contributed by atoms with Crippen LogP contribution < -0.4 is 0 Å². The molecule has 0 atom stereocenters. The van der Waals surface area contributed by atoms with Crippen LogP contribution in [0.15, 0.2) is 255 Å². The Balaban J connectivity index is 0.734. The van der Waals surface area contributed by atoms with Crippen molar-refractivity contribution in [3.63, 3.8) is 0 Å². The molecule has 0 N–H and O–H groups in total. The van der Waals surface area contributed by atoms with Crippen LogP contribution in [0.5, 0.6) is 0 Å². The molecule has 4 heteroatoms. The first-order chi connectivity index (χ1) is 38.6. The van der Waals surface area contributed by atoms with Crippen LogP contribution in [0.4, 0.5) is 0 Å². The van der Waals surface area contributed by atoms with Gasteiger partial charge in [-0.1, -0.05) is 133 Å². The Morgan fingerprint density at radius 2 is 0.756 bits per heavy atom. The minimum Gasteiger partial charge on any atom is -0.309 e. The minimum atomic E-state index is 1.06. The molecular formula is C74H42N4. The van der Waals surface area contributed by atoms with Crippen LogP contribution in [0.3, 0.4) is 0 Å². The molecule has 4 nitrogen and oxygen atoms in total. The van der Waals surface area contributed by atoms with Gasteiger partial charge in [0.05, 0.1) is 34.0 Å². The van der Waals surface area contributed by atoms with Crippen LogP contribution >= 0.6 is 0 Å². The van der Waals surface area contributed by atoms with Crippen LogP contribution in [0, 0.1) is 0 Å². The molecule has 0 spiro atoms. The van der Waals surface area contributed by atoms with Gasteiger partial charge in [0, 0.05) is 45.8 Å². The van der Waals surface area contributed by atoms with E-state index in [1.807, 2.05) is 30.9 Å². The van der Waals surface area contributed by atoms with Gasteiger partial charge in [-0.15, -0.1) is 0 Å². The van der Waals surface area contributed by atoms with E-state index >= 15 is 0 Å². The van der Waals surface area contributed by atoms with E-state index < -0.39 is 0 Å². The summed E-state index contributed by atoms with van der Waals surface area (Å²) in [7, 11) is 0. The first-order valence-electron chi connectivity index (χ1n) is 26.8. The average Bonchev–Trinajstić information content (AvgIpc) is 4.42. The number of pyridine rings is 2. The molecule has 12 aromatic carbocycles. The van der Waals surface area contributed by atoms with Crippen molar-refractivity contribution in [3.8, 4) is 89.3 Å². The zero-order chi connectivity index (χ0) is 50.7. The summed E-state index contributed by atoms with van der Waals surface area (Å²) in [6, 6.07) is 86.5. The highest BCUT2D eigenvalue weighted by Gasteiger charge is 2.26. The first kappa shape index (κ1) is 41.9. The highest BCUT2D eigenvalue weighted by atomic mass is 15.0. The second kappa shape index (κ2) is 15.6. The van der Waals surface area contributed by atoms with Gasteiger partial charge in [0.15, 0.2) is 0 Å². The topological polar surface area (TPSA) is 35.6 Å². The molecule has 0 amide bonds. The number of benzene rings is 12. The van der Waals surface area contributed by atoms with Crippen LogP contribution in [0.1, 0.15) is 0 Å². The van der Waals surface area contributed by atoms with Crippen molar-refractivity contribution in [2.24, 2.45) is 0 Å². The molecule has 0 saturated heterocycles. The third-order valence-corrected chi connectivity index (χ3v) is 17.3. The van der Waals surface area contributed by atoms with E-state index in [9.17, 15) is 0 Å². The molecule has 4 aromatic heterocycles. The number of para-hydroxylation sites is 1. The maximum Gasteiger partial charge on any atom is 0.0645 e. The maximum atomic E-state index is 4.45. The second-order valence-corrected chi connectivity index (χ2v) is 21.3. The van der Waals surface area contributed by atoms with Crippen LogP contribution in [0.2, 0.25) is 0 Å². The fourth-order valence-corrected chi connectivity index (χ4v) is 13.8. The summed E-state index contributed by atoms with van der Waals surface area (Å²) in [4.78, 5) is 8.88. The molecule has 4 heterocycles. The molecule has 0 saturated carbocycles. The molecule has 0 fully saturated rings. The molecule has 2 aliphatic carbocycles. The predicted molar refractivity (Wildman–Crippen MR) is 326 cm³/mol. The number of aromatic nitrogens is 4. The minimum absolute atomic E-state index is 1.06. The number of nitrogens with zero attached hydrogens (tertiary/aromatic N) is 4. The van der Waals surface area contributed by atoms with Crippen molar-refractivity contribution in [2.45, 2.75) is 0 Å². The van der Waals surface area contributed by atoms with Gasteiger partial charge in [-0.05, 0) is 218 Å². The lowest BCUT2D eigenvalue weighted by Gasteiger charge is -2.12. The van der Waals surface area contributed by atoms with Crippen LogP contribution in [-0.4, -0.2) is 19.1 Å². The van der Waals surface area contributed by atoms with Crippen molar-refractivity contribution in [3.05, 3.63) is 255 Å². The standard InChI is InChI=1S/C74H42N4/c1-2-15-69-56(10-1)67-37-46(22-27-71(67)78(69)54-9-6-30-76-42-54)44-17-19-49-36-64-61-14-5-13-58-55(24-25-62(74(58)61)66(64)40-52(49)34-44)50-20-23-57-68-38-47(21-26-70(68)77(72(57)41-50)53-28-31-75-32-29-53)45-16-18-48-35-63-59-11-3-7-43-8-4-12-60(73(43)59)65(63)39-51(48)33-45/h1-42H. The van der Waals surface area contributed by atoms with Crippen LogP contribution in [-0.2, 0) is 0 Å². The highest BCUT2D eigenvalue weighted by molar-refractivity contribution is 6.22. The lowest BCUT2D eigenvalue weighted by Crippen LogP contribution is -1.94. The Hall–Kier alpha value is -10.4. The van der Waals surface area contributed by atoms with E-state index in [1.165, 1.54) is 165 Å². The van der Waals surface area contributed by atoms with Crippen LogP contribution in [0.25, 0.3) is 176 Å². The van der Waals surface area contributed by atoms with Gasteiger partial charge in [0.1, 0.15) is 0 Å². The first-order valence-corrected chi connectivity index (χ1v) is 26.8. The largest absolute Gasteiger partial charge is 0.309 e. The summed E-state index contributed by atoms with van der Waals surface area (Å²) in [5.74, 6) is 0. The fraction of sp³-hybridized carbons (Fsp3) is 0. The smallest absolute Gasteiger partial charge is 0.0645 e. The van der Waals surface area contributed by atoms with Crippen molar-refractivity contribution in [2.75, 3.05) is 0 Å². The molecular weight excluding hydrogens is 945 g/mol. The van der Waals surface area contributed by atoms with Gasteiger partial charge in [-0.25, -0.2) is 0 Å². The Morgan fingerprint density at radius 1 is 0.231 bits per heavy atom. The van der Waals surface area contributed by atoms with Gasteiger partial charge in [0.2, 0.25) is 0 Å². The fourth-order valence-electron chi connectivity index (χ4n) is 13.8. The van der Waals surface area contributed by atoms with Crippen molar-refractivity contribution < 1.29 is 0 Å². The molecule has 358 valence electrons. The number of rotatable bonds is 5. The number of fused-ring (bicyclic) bond motifs is 14. The Kier molecular flexibility index (Phi) is 8.36. The zero-order valence-corrected chi connectivity index (χ0v) is 42.0. The summed E-state index contributed by atoms with van der Waals surface area (Å²) >= 11 is 0. The normalized spacial score (nSPS) is 12.4. The summed E-state index contributed by atoms with van der Waals surface area (Å²) in [5.41, 5.74) is 24.5. The van der Waals surface area contributed by atoms with E-state index in [2.05, 4.69) is 244 Å². The summed E-state index contributed by atoms with van der Waals surface area (Å²) in [5, 5.41) is 15.1. The van der Waals surface area contributed by atoms with Crippen molar-refractivity contribution >= 4 is 86.7 Å². The zero-order valence-electron chi connectivity index (χ0n) is 42.0. The van der Waals surface area contributed by atoms with Gasteiger partial charge in [-0.3, -0.25) is 9.97 Å². The van der Waals surface area contributed by atoms with E-state index in [0.29, 0.717) is 0 Å². The predicted octanol–water partition coefficient (Wildman–Crippen LogP) is 19.6. The van der Waals surface area contributed by atoms with E-state index in [4.69, 9.17) is 0 Å². The van der Waals surface area contributed by atoms with Crippen molar-refractivity contribution in [1.29, 1.82) is 0 Å². The van der Waals surface area contributed by atoms with E-state index in [1.54, 1.807) is 0 Å². The number of hydrogen-bond acceptors (Lipinski definition) is 2. The molecule has 0 aliphatic heterocycles.